The number of benzene rings is 1. The van der Waals surface area contributed by atoms with Crippen LogP contribution in [0.2, 0.25) is 0 Å². The van der Waals surface area contributed by atoms with Crippen LogP contribution in [0, 0.1) is 5.41 Å². The van der Waals surface area contributed by atoms with Crippen molar-refractivity contribution in [2.75, 3.05) is 13.2 Å². The number of carbonyl (C=O) groups excluding carboxylic acids is 2. The number of nitrogens with one attached hydrogen (secondary N) is 1. The minimum Gasteiger partial charge on any atom is -0.378 e. The van der Waals surface area contributed by atoms with E-state index in [4.69, 9.17) is 10.5 Å². The molecule has 3 N–H and O–H groups in total. The lowest BCUT2D eigenvalue weighted by Gasteiger charge is -2.57. The summed E-state index contributed by atoms with van der Waals surface area (Å²) in [6, 6.07) is 7.93. The van der Waals surface area contributed by atoms with Gasteiger partial charge in [-0.25, -0.2) is 0 Å². The predicted molar refractivity (Wildman–Crippen MR) is 104 cm³/mol. The Morgan fingerprint density at radius 2 is 2.04 bits per heavy atom. The third-order valence-corrected chi connectivity index (χ3v) is 6.33. The summed E-state index contributed by atoms with van der Waals surface area (Å²) in [6.45, 7) is 8.36. The van der Waals surface area contributed by atoms with Gasteiger partial charge < -0.3 is 20.7 Å². The van der Waals surface area contributed by atoms with E-state index in [-0.39, 0.29) is 17.9 Å². The molecule has 1 aliphatic heterocycles. The molecule has 0 bridgehead atoms. The van der Waals surface area contributed by atoms with Crippen molar-refractivity contribution in [1.29, 1.82) is 0 Å². The average Bonchev–Trinajstić information content (AvgIpc) is 3.05. The van der Waals surface area contributed by atoms with Crippen molar-refractivity contribution in [3.8, 4) is 0 Å². The zero-order valence-corrected chi connectivity index (χ0v) is 16.6. The van der Waals surface area contributed by atoms with Gasteiger partial charge in [-0.3, -0.25) is 9.59 Å². The van der Waals surface area contributed by atoms with Crippen molar-refractivity contribution in [3.63, 3.8) is 0 Å². The molecule has 2 fully saturated rings. The summed E-state index contributed by atoms with van der Waals surface area (Å²) >= 11 is 0. The van der Waals surface area contributed by atoms with E-state index in [1.807, 2.05) is 49.9 Å². The topological polar surface area (TPSA) is 84.7 Å². The third-order valence-electron chi connectivity index (χ3n) is 6.33. The summed E-state index contributed by atoms with van der Waals surface area (Å²) in [4.78, 5) is 26.6. The number of hydrogen-bond acceptors (Lipinski definition) is 4. The molecule has 1 aromatic carbocycles. The number of likely N-dealkylation sites (tertiary alicyclic amines) is 1. The molecule has 0 spiro atoms. The minimum atomic E-state index is -0.924. The van der Waals surface area contributed by atoms with Gasteiger partial charge in [-0.05, 0) is 24.5 Å². The van der Waals surface area contributed by atoms with E-state index in [0.29, 0.717) is 32.5 Å². The number of hydrogen-bond donors (Lipinski definition) is 2. The summed E-state index contributed by atoms with van der Waals surface area (Å²) in [6.07, 6.45) is 2.09. The number of carbonyl (C=O) groups is 2. The van der Waals surface area contributed by atoms with Gasteiger partial charge in [0.2, 0.25) is 11.8 Å². The number of nitrogens with zero attached hydrogens (tertiary/aromatic N) is 1. The smallest absolute Gasteiger partial charge is 0.241 e. The molecule has 6 nitrogen and oxygen atoms in total. The van der Waals surface area contributed by atoms with Crippen molar-refractivity contribution in [2.24, 2.45) is 11.1 Å². The quantitative estimate of drug-likeness (QED) is 0.765. The van der Waals surface area contributed by atoms with Crippen LogP contribution in [0.25, 0.3) is 0 Å². The predicted octanol–water partition coefficient (Wildman–Crippen LogP) is 1.96. The van der Waals surface area contributed by atoms with Crippen LogP contribution in [0.3, 0.4) is 0 Å². The highest BCUT2D eigenvalue weighted by Crippen LogP contribution is 2.49. The molecule has 1 aliphatic carbocycles. The van der Waals surface area contributed by atoms with Crippen molar-refractivity contribution >= 4 is 11.8 Å². The van der Waals surface area contributed by atoms with Gasteiger partial charge in [0, 0.05) is 44.5 Å². The van der Waals surface area contributed by atoms with E-state index in [1.54, 1.807) is 0 Å². The van der Waals surface area contributed by atoms with Crippen LogP contribution in [0.5, 0.6) is 0 Å². The first-order chi connectivity index (χ1) is 12.8. The minimum absolute atomic E-state index is 0.00622. The number of rotatable bonds is 7. The monoisotopic (exact) mass is 373 g/mol. The van der Waals surface area contributed by atoms with E-state index in [9.17, 15) is 9.59 Å². The summed E-state index contributed by atoms with van der Waals surface area (Å²) in [5.74, 6) is 0.0587. The van der Waals surface area contributed by atoms with Crippen LogP contribution < -0.4 is 11.1 Å². The fourth-order valence-corrected chi connectivity index (χ4v) is 4.11. The summed E-state index contributed by atoms with van der Waals surface area (Å²) < 4.78 is 5.71. The Labute approximate surface area is 161 Å². The van der Waals surface area contributed by atoms with Crippen LogP contribution in [0.4, 0.5) is 0 Å². The van der Waals surface area contributed by atoms with Crippen molar-refractivity contribution in [3.05, 3.63) is 35.4 Å². The van der Waals surface area contributed by atoms with Crippen LogP contribution >= 0.6 is 0 Å². The molecule has 1 heterocycles. The largest absolute Gasteiger partial charge is 0.378 e. The first kappa shape index (κ1) is 19.8. The molecule has 148 valence electrons. The molecule has 2 amide bonds. The Balaban J connectivity index is 1.63. The lowest BCUT2D eigenvalue weighted by molar-refractivity contribution is -0.170. The highest BCUT2D eigenvalue weighted by Gasteiger charge is 2.62. The first-order valence-corrected chi connectivity index (χ1v) is 9.83. The van der Waals surface area contributed by atoms with Gasteiger partial charge >= 0.3 is 0 Å². The van der Waals surface area contributed by atoms with E-state index in [0.717, 1.165) is 24.1 Å². The van der Waals surface area contributed by atoms with Gasteiger partial charge in [-0.15, -0.1) is 0 Å². The molecule has 3 rings (SSSR count). The molecule has 0 aromatic heterocycles. The van der Waals surface area contributed by atoms with Crippen LogP contribution in [-0.2, 0) is 27.4 Å². The summed E-state index contributed by atoms with van der Waals surface area (Å²) in [7, 11) is 0. The number of amides is 2. The van der Waals surface area contributed by atoms with Crippen molar-refractivity contribution in [2.45, 2.75) is 64.8 Å². The first-order valence-electron chi connectivity index (χ1n) is 9.83. The van der Waals surface area contributed by atoms with E-state index in [1.165, 1.54) is 0 Å². The maximum atomic E-state index is 12.8. The molecule has 1 saturated carbocycles. The third kappa shape index (κ3) is 3.60. The average molecular weight is 373 g/mol. The molecule has 6 heteroatoms. The zero-order valence-electron chi connectivity index (χ0n) is 16.6. The molecule has 27 heavy (non-hydrogen) atoms. The fourth-order valence-electron chi connectivity index (χ4n) is 4.11. The van der Waals surface area contributed by atoms with Gasteiger partial charge in [0.05, 0.1) is 6.10 Å². The van der Waals surface area contributed by atoms with E-state index in [2.05, 4.69) is 5.32 Å². The normalized spacial score (nSPS) is 26.7. The standard InChI is InChI=1S/C21H31N3O3/c1-4-27-17-12-21(22,20(17,2)3)19(26)23-13-15-8-5-6-9-16(15)14-24-11-7-10-18(24)25/h5-6,8-9,17H,4,7,10-14,22H2,1-3H3,(H,23,26). The van der Waals surface area contributed by atoms with Gasteiger partial charge in [-0.2, -0.15) is 0 Å². The summed E-state index contributed by atoms with van der Waals surface area (Å²) in [5.41, 5.74) is 7.21. The van der Waals surface area contributed by atoms with Crippen molar-refractivity contribution in [1.82, 2.24) is 10.2 Å². The lowest BCUT2D eigenvalue weighted by atomic mass is 9.54. The maximum Gasteiger partial charge on any atom is 0.241 e. The fraction of sp³-hybridized carbons (Fsp3) is 0.619. The molecule has 0 radical (unpaired) electrons. The Morgan fingerprint density at radius 1 is 1.33 bits per heavy atom. The molecule has 2 unspecified atom stereocenters. The second-order valence-electron chi connectivity index (χ2n) is 8.21. The highest BCUT2D eigenvalue weighted by atomic mass is 16.5. The zero-order chi connectivity index (χ0) is 19.7. The molecular formula is C21H31N3O3. The van der Waals surface area contributed by atoms with E-state index >= 15 is 0 Å². The Bertz CT molecular complexity index is 718. The lowest BCUT2D eigenvalue weighted by Crippen LogP contribution is -2.75. The molecular weight excluding hydrogens is 342 g/mol. The van der Waals surface area contributed by atoms with Gasteiger partial charge in [0.25, 0.3) is 0 Å². The van der Waals surface area contributed by atoms with Gasteiger partial charge in [0.1, 0.15) is 5.54 Å². The highest BCUT2D eigenvalue weighted by molar-refractivity contribution is 5.88. The molecule has 2 aliphatic rings. The molecule has 1 aromatic rings. The van der Waals surface area contributed by atoms with Crippen LogP contribution in [0.1, 0.15) is 51.2 Å². The number of nitrogens with two attached hydrogens (primary N) is 1. The second-order valence-corrected chi connectivity index (χ2v) is 8.21. The molecule has 1 saturated heterocycles. The van der Waals surface area contributed by atoms with E-state index < -0.39 is 11.0 Å². The second kappa shape index (κ2) is 7.60. The van der Waals surface area contributed by atoms with Crippen molar-refractivity contribution < 1.29 is 14.3 Å². The Morgan fingerprint density at radius 3 is 2.63 bits per heavy atom. The Hall–Kier alpha value is -1.92. The number of ether oxygens (including phenoxy) is 1. The molecule has 2 atom stereocenters. The van der Waals surface area contributed by atoms with Crippen LogP contribution in [0.15, 0.2) is 24.3 Å². The summed E-state index contributed by atoms with van der Waals surface area (Å²) in [5, 5.41) is 3.01. The maximum absolute atomic E-state index is 12.8. The SMILES string of the molecule is CCOC1CC(N)(C(=O)NCc2ccccc2CN2CCCC2=O)C1(C)C. The Kier molecular flexibility index (Phi) is 5.58. The van der Waals surface area contributed by atoms with Gasteiger partial charge in [-0.1, -0.05) is 38.1 Å². The van der Waals surface area contributed by atoms with Gasteiger partial charge in [0.15, 0.2) is 0 Å². The van der Waals surface area contributed by atoms with Crippen LogP contribution in [-0.4, -0.2) is 41.5 Å².